The molecule has 33 heavy (non-hydrogen) atoms. The van der Waals surface area contributed by atoms with Gasteiger partial charge >= 0.3 is 5.97 Å². The van der Waals surface area contributed by atoms with Crippen molar-refractivity contribution in [2.45, 2.75) is 77.0 Å². The molecule has 4 heterocycles. The molecule has 4 fully saturated rings. The maximum Gasteiger partial charge on any atom is 0.341 e. The van der Waals surface area contributed by atoms with Crippen LogP contribution in [-0.4, -0.2) is 30.3 Å². The Labute approximate surface area is 198 Å². The summed E-state index contributed by atoms with van der Waals surface area (Å²) >= 11 is 5.87. The fourth-order valence-corrected chi connectivity index (χ4v) is 6.23. The van der Waals surface area contributed by atoms with E-state index in [0.717, 1.165) is 43.1 Å². The molecule has 3 saturated heterocycles. The third-order valence-corrected chi connectivity index (χ3v) is 8.09. The van der Waals surface area contributed by atoms with E-state index in [-0.39, 0.29) is 23.1 Å². The summed E-state index contributed by atoms with van der Waals surface area (Å²) in [4.78, 5) is 24.2. The van der Waals surface area contributed by atoms with Crippen molar-refractivity contribution in [2.24, 2.45) is 17.8 Å². The van der Waals surface area contributed by atoms with Crippen LogP contribution in [0.5, 0.6) is 0 Å². The number of allylic oxidation sites excluding steroid dienone is 1. The molecule has 1 spiro atoms. The Bertz CT molecular complexity index is 982. The van der Waals surface area contributed by atoms with Gasteiger partial charge in [0, 0.05) is 29.7 Å². The fourth-order valence-electron chi connectivity index (χ4n) is 6.06. The van der Waals surface area contributed by atoms with E-state index in [0.29, 0.717) is 24.7 Å². The third kappa shape index (κ3) is 3.87. The van der Waals surface area contributed by atoms with E-state index in [2.05, 4.69) is 13.8 Å². The Morgan fingerprint density at radius 1 is 1.27 bits per heavy atom. The first kappa shape index (κ1) is 23.1. The van der Waals surface area contributed by atoms with E-state index in [9.17, 15) is 9.18 Å². The molecule has 1 aromatic rings. The normalized spacial score (nSPS) is 37.2. The Hall–Kier alpha value is -1.67. The summed E-state index contributed by atoms with van der Waals surface area (Å²) in [6.45, 7) is 6.42. The van der Waals surface area contributed by atoms with Gasteiger partial charge in [-0.2, -0.15) is 0 Å². The number of halogens is 2. The average molecular weight is 481 g/mol. The van der Waals surface area contributed by atoms with Gasteiger partial charge in [-0.25, -0.2) is 19.0 Å². The van der Waals surface area contributed by atoms with E-state index >= 15 is 0 Å². The monoisotopic (exact) mass is 480 g/mol. The molecule has 0 aromatic heterocycles. The van der Waals surface area contributed by atoms with Crippen LogP contribution < -0.4 is 0 Å². The lowest BCUT2D eigenvalue weighted by Crippen LogP contribution is -2.66. The zero-order valence-electron chi connectivity index (χ0n) is 19.2. The molecule has 1 saturated carbocycles. The number of hydrogen-bond acceptors (Lipinski definition) is 6. The standard InChI is InChI=1S/C25H30ClFO6/c1-14-6-8-19-15(2)21(5-4-12-29-22(28)17-13-16(26)7-9-20(17)27)30-23-25(19)18(14)10-11-24(3,31-23)32-33-25/h7,9,13-14,18-19,23H,4-6,8,10-12H2,1-3H3/t14-,18+,19+,23?,24+,25-/m1/s1. The van der Waals surface area contributed by atoms with Crippen LogP contribution in [0.2, 0.25) is 5.02 Å². The van der Waals surface area contributed by atoms with Gasteiger partial charge in [-0.1, -0.05) is 18.5 Å². The predicted octanol–water partition coefficient (Wildman–Crippen LogP) is 5.94. The summed E-state index contributed by atoms with van der Waals surface area (Å²) in [7, 11) is 0. The smallest absolute Gasteiger partial charge is 0.341 e. The highest BCUT2D eigenvalue weighted by Gasteiger charge is 2.68. The maximum absolute atomic E-state index is 13.9. The lowest BCUT2D eigenvalue weighted by atomic mass is 9.59. The van der Waals surface area contributed by atoms with Gasteiger partial charge in [0.25, 0.3) is 0 Å². The number of ether oxygens (including phenoxy) is 3. The van der Waals surface area contributed by atoms with Crippen LogP contribution in [0.3, 0.4) is 0 Å². The van der Waals surface area contributed by atoms with Crippen molar-refractivity contribution in [3.8, 4) is 0 Å². The van der Waals surface area contributed by atoms with E-state index in [1.807, 2.05) is 6.92 Å². The summed E-state index contributed by atoms with van der Waals surface area (Å²) in [6, 6.07) is 3.82. The van der Waals surface area contributed by atoms with Gasteiger partial charge in [-0.3, -0.25) is 0 Å². The summed E-state index contributed by atoms with van der Waals surface area (Å²) in [5, 5.41) is 0.284. The van der Waals surface area contributed by atoms with Crippen molar-refractivity contribution in [3.05, 3.63) is 45.9 Å². The summed E-state index contributed by atoms with van der Waals surface area (Å²) < 4.78 is 31.9. The number of fused-ring (bicyclic) bond motifs is 2. The van der Waals surface area contributed by atoms with Crippen molar-refractivity contribution >= 4 is 17.6 Å². The number of carbonyl (C=O) groups is 1. The molecule has 6 atom stereocenters. The molecule has 2 bridgehead atoms. The average Bonchev–Trinajstić information content (AvgIpc) is 3.02. The van der Waals surface area contributed by atoms with E-state index in [1.54, 1.807) is 0 Å². The predicted molar refractivity (Wildman–Crippen MR) is 118 cm³/mol. The Kier molecular flexibility index (Phi) is 5.96. The summed E-state index contributed by atoms with van der Waals surface area (Å²) in [5.74, 6) is -0.384. The molecule has 4 aliphatic heterocycles. The number of esters is 1. The third-order valence-electron chi connectivity index (χ3n) is 7.86. The molecule has 5 aliphatic rings. The van der Waals surface area contributed by atoms with Crippen LogP contribution in [0.4, 0.5) is 4.39 Å². The summed E-state index contributed by atoms with van der Waals surface area (Å²) in [5.41, 5.74) is 0.357. The topological polar surface area (TPSA) is 63.2 Å². The lowest BCUT2D eigenvalue weighted by molar-refractivity contribution is -0.556. The van der Waals surface area contributed by atoms with E-state index < -0.39 is 29.5 Å². The maximum atomic E-state index is 13.9. The van der Waals surface area contributed by atoms with Gasteiger partial charge in [0.05, 0.1) is 17.9 Å². The van der Waals surface area contributed by atoms with Gasteiger partial charge in [0.1, 0.15) is 5.82 Å². The van der Waals surface area contributed by atoms with Crippen molar-refractivity contribution in [1.29, 1.82) is 0 Å². The fraction of sp³-hybridized carbons (Fsp3) is 0.640. The molecule has 6 nitrogen and oxygen atoms in total. The van der Waals surface area contributed by atoms with Crippen LogP contribution >= 0.6 is 11.6 Å². The van der Waals surface area contributed by atoms with Gasteiger partial charge < -0.3 is 14.2 Å². The number of rotatable bonds is 5. The van der Waals surface area contributed by atoms with Gasteiger partial charge in [-0.05, 0) is 69.2 Å². The zero-order valence-corrected chi connectivity index (χ0v) is 20.0. The molecular formula is C25H30ClFO6. The van der Waals surface area contributed by atoms with Crippen LogP contribution in [0.1, 0.15) is 69.7 Å². The van der Waals surface area contributed by atoms with Crippen LogP contribution in [0.25, 0.3) is 0 Å². The Morgan fingerprint density at radius 3 is 2.91 bits per heavy atom. The van der Waals surface area contributed by atoms with Gasteiger partial charge in [0.2, 0.25) is 12.1 Å². The van der Waals surface area contributed by atoms with Crippen LogP contribution in [0.15, 0.2) is 29.5 Å². The molecule has 1 unspecified atom stereocenters. The largest absolute Gasteiger partial charge is 0.466 e. The Morgan fingerprint density at radius 2 is 2.09 bits per heavy atom. The minimum Gasteiger partial charge on any atom is -0.466 e. The van der Waals surface area contributed by atoms with E-state index in [1.165, 1.54) is 12.1 Å². The first-order valence-electron chi connectivity index (χ1n) is 11.8. The Balaban J connectivity index is 1.28. The SMILES string of the molecule is CC1=C(CCCOC(=O)c2cc(Cl)ccc2F)OC2O[C@]3(C)CC[C@H]4[C@H](C)CC[C@@H]1[C@@]24OO3. The first-order chi connectivity index (χ1) is 15.7. The molecule has 8 heteroatoms. The second kappa shape index (κ2) is 8.52. The molecule has 0 N–H and O–H groups in total. The van der Waals surface area contributed by atoms with Crippen molar-refractivity contribution in [3.63, 3.8) is 0 Å². The number of hydrogen-bond donors (Lipinski definition) is 0. The molecule has 180 valence electrons. The highest BCUT2D eigenvalue weighted by atomic mass is 35.5. The zero-order chi connectivity index (χ0) is 23.4. The number of benzene rings is 1. The molecule has 6 rings (SSSR count). The molecule has 0 amide bonds. The molecule has 1 aliphatic carbocycles. The van der Waals surface area contributed by atoms with Crippen LogP contribution in [-0.2, 0) is 24.0 Å². The van der Waals surface area contributed by atoms with Gasteiger partial charge in [-0.15, -0.1) is 0 Å². The molecule has 0 radical (unpaired) electrons. The summed E-state index contributed by atoms with van der Waals surface area (Å²) in [6.07, 6.45) is 4.45. The number of carbonyl (C=O) groups excluding carboxylic acids is 1. The lowest BCUT2D eigenvalue weighted by Gasteiger charge is -2.57. The van der Waals surface area contributed by atoms with Crippen molar-refractivity contribution < 1.29 is 33.2 Å². The first-order valence-corrected chi connectivity index (χ1v) is 12.1. The minimum absolute atomic E-state index is 0.142. The second-order valence-electron chi connectivity index (χ2n) is 9.94. The van der Waals surface area contributed by atoms with Crippen molar-refractivity contribution in [2.75, 3.05) is 6.61 Å². The van der Waals surface area contributed by atoms with Crippen LogP contribution in [0, 0.1) is 23.6 Å². The molecular weight excluding hydrogens is 451 g/mol. The molecule has 1 aromatic carbocycles. The highest BCUT2D eigenvalue weighted by molar-refractivity contribution is 6.30. The minimum atomic E-state index is -0.815. The quantitative estimate of drug-likeness (QED) is 0.295. The highest BCUT2D eigenvalue weighted by Crippen LogP contribution is 2.60. The second-order valence-corrected chi connectivity index (χ2v) is 10.4. The van der Waals surface area contributed by atoms with E-state index in [4.69, 9.17) is 35.6 Å². The van der Waals surface area contributed by atoms with Gasteiger partial charge in [0.15, 0.2) is 5.60 Å². The van der Waals surface area contributed by atoms with Crippen molar-refractivity contribution in [1.82, 2.24) is 0 Å².